The minimum atomic E-state index is -0.695. The highest BCUT2D eigenvalue weighted by Gasteiger charge is 2.24. The average Bonchev–Trinajstić information content (AvgIpc) is 3.32. The third kappa shape index (κ3) is 4.95. The van der Waals surface area contributed by atoms with E-state index in [-0.39, 0.29) is 46.6 Å². The zero-order chi connectivity index (χ0) is 22.4. The molecular formula is C22H23N3O6. The largest absolute Gasteiger partial charge is 0.508 e. The standard InChI is InChI=1S/C22H23N3O6/c1-3-30-21(28)16-12-23-18(19(16)22(29)31-4-2)11-15-17(24-25-20(15)27)10-7-13-5-8-14(26)9-6-13/h5-6,8-12,23-24,26H,3-4,7H2,1-2H3,(H,25,27). The maximum Gasteiger partial charge on any atom is 0.341 e. The van der Waals surface area contributed by atoms with Gasteiger partial charge in [0, 0.05) is 6.20 Å². The quantitative estimate of drug-likeness (QED) is 0.416. The van der Waals surface area contributed by atoms with Gasteiger partial charge in [-0.1, -0.05) is 18.2 Å². The Labute approximate surface area is 177 Å². The van der Waals surface area contributed by atoms with Crippen LogP contribution in [0.5, 0.6) is 5.75 Å². The van der Waals surface area contributed by atoms with Crippen molar-refractivity contribution in [3.8, 4) is 5.75 Å². The van der Waals surface area contributed by atoms with Gasteiger partial charge in [-0.2, -0.15) is 0 Å². The molecule has 31 heavy (non-hydrogen) atoms. The molecule has 0 radical (unpaired) electrons. The number of nitrogens with one attached hydrogen (secondary N) is 3. The summed E-state index contributed by atoms with van der Waals surface area (Å²) in [5.74, 6) is -1.19. The lowest BCUT2D eigenvalue weighted by Crippen LogP contribution is -2.33. The van der Waals surface area contributed by atoms with Crippen LogP contribution in [0.4, 0.5) is 0 Å². The van der Waals surface area contributed by atoms with E-state index in [0.29, 0.717) is 11.8 Å². The summed E-state index contributed by atoms with van der Waals surface area (Å²) in [5, 5.41) is 15.5. The van der Waals surface area contributed by atoms with E-state index >= 15 is 0 Å². The highest BCUT2D eigenvalue weighted by atomic mass is 16.5. The molecule has 0 atom stereocenters. The van der Waals surface area contributed by atoms with Crippen LogP contribution >= 0.6 is 0 Å². The molecule has 0 aliphatic heterocycles. The van der Waals surface area contributed by atoms with E-state index in [9.17, 15) is 19.5 Å². The van der Waals surface area contributed by atoms with Crippen molar-refractivity contribution in [3.05, 3.63) is 73.8 Å². The Bertz CT molecular complexity index is 1250. The van der Waals surface area contributed by atoms with Crippen molar-refractivity contribution < 1.29 is 24.2 Å². The number of ether oxygens (including phenoxy) is 2. The predicted octanol–water partition coefficient (Wildman–Crippen LogP) is 0.942. The summed E-state index contributed by atoms with van der Waals surface area (Å²) in [4.78, 5) is 40.0. The molecule has 0 unspecified atom stereocenters. The number of aromatic nitrogens is 3. The summed E-state index contributed by atoms with van der Waals surface area (Å²) < 4.78 is 10.1. The smallest absolute Gasteiger partial charge is 0.341 e. The Morgan fingerprint density at radius 1 is 1.03 bits per heavy atom. The molecule has 162 valence electrons. The number of aromatic hydroxyl groups is 1. The van der Waals surface area contributed by atoms with Crippen molar-refractivity contribution in [1.82, 2.24) is 15.2 Å². The summed E-state index contributed by atoms with van der Waals surface area (Å²) in [6, 6.07) is 6.71. The molecule has 0 bridgehead atoms. The molecular weight excluding hydrogens is 402 g/mol. The van der Waals surface area contributed by atoms with Crippen LogP contribution in [-0.4, -0.2) is 45.4 Å². The first-order valence-corrected chi connectivity index (χ1v) is 9.76. The van der Waals surface area contributed by atoms with Gasteiger partial charge in [0.05, 0.1) is 40.6 Å². The van der Waals surface area contributed by atoms with E-state index < -0.39 is 11.9 Å². The van der Waals surface area contributed by atoms with Gasteiger partial charge in [0.25, 0.3) is 5.56 Å². The molecule has 3 rings (SSSR count). The van der Waals surface area contributed by atoms with Gasteiger partial charge in [0.1, 0.15) is 5.75 Å². The van der Waals surface area contributed by atoms with E-state index in [2.05, 4.69) is 15.2 Å². The maximum absolute atomic E-state index is 12.5. The van der Waals surface area contributed by atoms with Gasteiger partial charge in [-0.15, -0.1) is 0 Å². The zero-order valence-electron chi connectivity index (χ0n) is 17.2. The highest BCUT2D eigenvalue weighted by molar-refractivity contribution is 6.05. The Balaban J connectivity index is 2.07. The van der Waals surface area contributed by atoms with E-state index in [1.165, 1.54) is 12.3 Å². The summed E-state index contributed by atoms with van der Waals surface area (Å²) in [7, 11) is 0. The van der Waals surface area contributed by atoms with Crippen molar-refractivity contribution in [2.45, 2.75) is 20.3 Å². The van der Waals surface area contributed by atoms with Gasteiger partial charge in [-0.05, 0) is 44.0 Å². The number of carbonyl (C=O) groups is 2. The monoisotopic (exact) mass is 425 g/mol. The van der Waals surface area contributed by atoms with E-state index in [1.54, 1.807) is 44.2 Å². The molecule has 0 saturated carbocycles. The number of aromatic amines is 3. The average molecular weight is 425 g/mol. The molecule has 0 spiro atoms. The summed E-state index contributed by atoms with van der Waals surface area (Å²) >= 11 is 0. The minimum absolute atomic E-state index is 0.00499. The van der Waals surface area contributed by atoms with Crippen LogP contribution in [0.2, 0.25) is 0 Å². The van der Waals surface area contributed by atoms with E-state index in [1.807, 2.05) is 0 Å². The van der Waals surface area contributed by atoms with Crippen LogP contribution in [0.3, 0.4) is 0 Å². The molecule has 0 fully saturated rings. The molecule has 9 nitrogen and oxygen atoms in total. The zero-order valence-corrected chi connectivity index (χ0v) is 17.2. The fourth-order valence-corrected chi connectivity index (χ4v) is 3.03. The molecule has 9 heteroatoms. The van der Waals surface area contributed by atoms with Crippen LogP contribution in [-0.2, 0) is 15.9 Å². The fourth-order valence-electron chi connectivity index (χ4n) is 3.03. The second-order valence-electron chi connectivity index (χ2n) is 6.56. The number of esters is 2. The summed E-state index contributed by atoms with van der Waals surface area (Å²) in [6.07, 6.45) is 5.14. The lowest BCUT2D eigenvalue weighted by molar-refractivity contribution is 0.0480. The first kappa shape index (κ1) is 21.7. The van der Waals surface area contributed by atoms with Crippen molar-refractivity contribution >= 4 is 24.1 Å². The van der Waals surface area contributed by atoms with Gasteiger partial charge < -0.3 is 19.6 Å². The first-order chi connectivity index (χ1) is 14.9. The van der Waals surface area contributed by atoms with Gasteiger partial charge in [-0.3, -0.25) is 15.0 Å². The Hall–Kier alpha value is -4.01. The molecule has 1 aromatic carbocycles. The lowest BCUT2D eigenvalue weighted by atomic mass is 10.1. The molecule has 2 heterocycles. The SMILES string of the molecule is CCOC(=O)c1c[nH]c(C=c2c(=O)[nH][nH]c2=CCc2ccc(O)cc2)c1C(=O)OCC. The lowest BCUT2D eigenvalue weighted by Gasteiger charge is -2.05. The number of phenols is 1. The van der Waals surface area contributed by atoms with Crippen LogP contribution in [0.15, 0.2) is 35.3 Å². The Kier molecular flexibility index (Phi) is 6.76. The number of hydrogen-bond acceptors (Lipinski definition) is 6. The van der Waals surface area contributed by atoms with Gasteiger partial charge in [-0.25, -0.2) is 9.59 Å². The molecule has 4 N–H and O–H groups in total. The summed E-state index contributed by atoms with van der Waals surface area (Å²) in [5.41, 5.74) is 0.839. The highest BCUT2D eigenvalue weighted by Crippen LogP contribution is 2.18. The fraction of sp³-hybridized carbons (Fsp3) is 0.227. The second kappa shape index (κ2) is 9.66. The molecule has 3 aromatic rings. The van der Waals surface area contributed by atoms with Gasteiger partial charge in [0.15, 0.2) is 0 Å². The van der Waals surface area contributed by atoms with Crippen molar-refractivity contribution in [3.63, 3.8) is 0 Å². The Morgan fingerprint density at radius 3 is 2.39 bits per heavy atom. The van der Waals surface area contributed by atoms with Crippen LogP contribution in [0.25, 0.3) is 12.2 Å². The molecule has 2 aromatic heterocycles. The summed E-state index contributed by atoms with van der Waals surface area (Å²) in [6.45, 7) is 3.60. The van der Waals surface area contributed by atoms with Gasteiger partial charge >= 0.3 is 11.9 Å². The third-order valence-electron chi connectivity index (χ3n) is 4.50. The van der Waals surface area contributed by atoms with Crippen LogP contribution in [0, 0.1) is 0 Å². The van der Waals surface area contributed by atoms with Crippen molar-refractivity contribution in [2.75, 3.05) is 13.2 Å². The Morgan fingerprint density at radius 2 is 1.71 bits per heavy atom. The van der Waals surface area contributed by atoms with Crippen LogP contribution < -0.4 is 16.1 Å². The van der Waals surface area contributed by atoms with Gasteiger partial charge in [0.2, 0.25) is 0 Å². The topological polar surface area (TPSA) is 137 Å². The predicted molar refractivity (Wildman–Crippen MR) is 113 cm³/mol. The number of benzene rings is 1. The van der Waals surface area contributed by atoms with Crippen molar-refractivity contribution in [2.24, 2.45) is 0 Å². The number of hydrogen-bond donors (Lipinski definition) is 4. The molecule has 0 aliphatic rings. The molecule has 0 aliphatic carbocycles. The van der Waals surface area contributed by atoms with E-state index in [0.717, 1.165) is 5.56 Å². The normalized spacial score (nSPS) is 12.2. The molecule has 0 saturated heterocycles. The second-order valence-corrected chi connectivity index (χ2v) is 6.56. The number of H-pyrrole nitrogens is 3. The maximum atomic E-state index is 12.5. The number of phenolic OH excluding ortho intramolecular Hbond substituents is 1. The van der Waals surface area contributed by atoms with Crippen molar-refractivity contribution in [1.29, 1.82) is 0 Å². The molecule has 0 amide bonds. The first-order valence-electron chi connectivity index (χ1n) is 9.76. The third-order valence-corrected chi connectivity index (χ3v) is 4.50. The van der Waals surface area contributed by atoms with E-state index in [4.69, 9.17) is 9.47 Å². The number of rotatable bonds is 7. The minimum Gasteiger partial charge on any atom is -0.508 e. The number of carbonyl (C=O) groups excluding carboxylic acids is 2. The van der Waals surface area contributed by atoms with Crippen LogP contribution in [0.1, 0.15) is 45.8 Å².